The fourth-order valence-corrected chi connectivity index (χ4v) is 7.40. The Labute approximate surface area is 140 Å². The lowest BCUT2D eigenvalue weighted by molar-refractivity contribution is -0.132. The third kappa shape index (κ3) is 2.06. The molecule has 0 aromatic rings. The lowest BCUT2D eigenvalue weighted by Crippen LogP contribution is -2.53. The molecule has 3 fully saturated rings. The first-order chi connectivity index (χ1) is 11.0. The van der Waals surface area contributed by atoms with Gasteiger partial charge in [-0.2, -0.15) is 0 Å². The molecule has 4 aliphatic carbocycles. The smallest absolute Gasteiger partial charge is 0.155 e. The molecule has 0 bridgehead atoms. The van der Waals surface area contributed by atoms with Gasteiger partial charge in [0.1, 0.15) is 0 Å². The van der Waals surface area contributed by atoms with Gasteiger partial charge in [0.15, 0.2) is 5.78 Å². The van der Waals surface area contributed by atoms with E-state index in [-0.39, 0.29) is 5.41 Å². The van der Waals surface area contributed by atoms with Gasteiger partial charge in [0.25, 0.3) is 0 Å². The molecule has 0 heterocycles. The van der Waals surface area contributed by atoms with Gasteiger partial charge in [0, 0.05) is 11.8 Å². The zero-order valence-corrected chi connectivity index (χ0v) is 14.8. The van der Waals surface area contributed by atoms with Gasteiger partial charge in [0.05, 0.1) is 5.60 Å². The fourth-order valence-electron chi connectivity index (χ4n) is 7.40. The van der Waals surface area contributed by atoms with Crippen LogP contribution >= 0.6 is 0 Å². The highest BCUT2D eigenvalue weighted by molar-refractivity contribution is 5.91. The van der Waals surface area contributed by atoms with Crippen molar-refractivity contribution in [2.24, 2.45) is 29.1 Å². The van der Waals surface area contributed by atoms with Gasteiger partial charge >= 0.3 is 0 Å². The molecule has 23 heavy (non-hydrogen) atoms. The minimum absolute atomic E-state index is 0.175. The zero-order valence-electron chi connectivity index (χ0n) is 14.8. The van der Waals surface area contributed by atoms with Gasteiger partial charge in [-0.05, 0) is 87.5 Å². The quantitative estimate of drug-likeness (QED) is 0.804. The Bertz CT molecular complexity index is 536. The van der Waals surface area contributed by atoms with Crippen LogP contribution in [0, 0.1) is 29.1 Å². The molecule has 0 radical (unpaired) electrons. The Hall–Kier alpha value is -0.630. The first-order valence-corrected chi connectivity index (χ1v) is 10.0. The van der Waals surface area contributed by atoms with Gasteiger partial charge in [-0.15, -0.1) is 0 Å². The van der Waals surface area contributed by atoms with Gasteiger partial charge < -0.3 is 5.11 Å². The summed E-state index contributed by atoms with van der Waals surface area (Å²) >= 11 is 0. The molecule has 0 aromatic carbocycles. The summed E-state index contributed by atoms with van der Waals surface area (Å²) in [6.07, 6.45) is 13.0. The molecule has 0 aromatic heterocycles. The van der Waals surface area contributed by atoms with E-state index in [1.165, 1.54) is 31.3 Å². The third-order valence-electron chi connectivity index (χ3n) is 8.52. The van der Waals surface area contributed by atoms with Crippen LogP contribution < -0.4 is 0 Å². The summed E-state index contributed by atoms with van der Waals surface area (Å²) in [7, 11) is 0. The molecule has 4 aliphatic rings. The molecule has 0 spiro atoms. The number of carbonyl (C=O) groups is 1. The lowest BCUT2D eigenvalue weighted by atomic mass is 9.49. The molecule has 128 valence electrons. The van der Waals surface area contributed by atoms with Crippen LogP contribution in [0.5, 0.6) is 0 Å². The average molecular weight is 316 g/mol. The molecular formula is C21H32O2. The van der Waals surface area contributed by atoms with E-state index in [1.807, 2.05) is 6.08 Å². The molecule has 2 nitrogen and oxygen atoms in total. The Morgan fingerprint density at radius 3 is 2.61 bits per heavy atom. The van der Waals surface area contributed by atoms with Crippen molar-refractivity contribution in [3.63, 3.8) is 0 Å². The van der Waals surface area contributed by atoms with Crippen LogP contribution in [0.1, 0.15) is 78.1 Å². The van der Waals surface area contributed by atoms with Crippen LogP contribution in [0.3, 0.4) is 0 Å². The molecule has 3 saturated carbocycles. The van der Waals surface area contributed by atoms with Crippen molar-refractivity contribution in [2.45, 2.75) is 83.7 Å². The topological polar surface area (TPSA) is 37.3 Å². The van der Waals surface area contributed by atoms with Crippen LogP contribution in [0.25, 0.3) is 0 Å². The summed E-state index contributed by atoms with van der Waals surface area (Å²) < 4.78 is 0. The second kappa shape index (κ2) is 5.44. The predicted molar refractivity (Wildman–Crippen MR) is 92.0 cm³/mol. The monoisotopic (exact) mass is 316 g/mol. The first-order valence-electron chi connectivity index (χ1n) is 10.0. The normalized spacial score (nSPS) is 49.2. The van der Waals surface area contributed by atoms with E-state index in [4.69, 9.17) is 0 Å². The summed E-state index contributed by atoms with van der Waals surface area (Å²) in [5.74, 6) is 3.33. The van der Waals surface area contributed by atoms with E-state index in [1.54, 1.807) is 0 Å². The zero-order chi connectivity index (χ0) is 16.2. The highest BCUT2D eigenvalue weighted by atomic mass is 16.3. The van der Waals surface area contributed by atoms with Crippen molar-refractivity contribution in [1.82, 2.24) is 0 Å². The third-order valence-corrected chi connectivity index (χ3v) is 8.52. The second-order valence-corrected chi connectivity index (χ2v) is 8.78. The maximum absolute atomic E-state index is 11.8. The van der Waals surface area contributed by atoms with Crippen molar-refractivity contribution in [1.29, 1.82) is 0 Å². The lowest BCUT2D eigenvalue weighted by Gasteiger charge is -2.57. The summed E-state index contributed by atoms with van der Waals surface area (Å²) in [4.78, 5) is 11.8. The van der Waals surface area contributed by atoms with Crippen LogP contribution in [-0.4, -0.2) is 16.5 Å². The number of rotatable bonds is 2. The summed E-state index contributed by atoms with van der Waals surface area (Å²) in [5, 5.41) is 11.3. The minimum atomic E-state index is -0.421. The van der Waals surface area contributed by atoms with Gasteiger partial charge in [0.2, 0.25) is 0 Å². The minimum Gasteiger partial charge on any atom is -0.389 e. The van der Waals surface area contributed by atoms with Crippen molar-refractivity contribution in [3.8, 4) is 0 Å². The number of hydrogen-bond acceptors (Lipinski definition) is 2. The van der Waals surface area contributed by atoms with Gasteiger partial charge in [-0.1, -0.05) is 19.4 Å². The summed E-state index contributed by atoms with van der Waals surface area (Å²) in [6, 6.07) is 0. The number of aliphatic hydroxyl groups is 1. The maximum atomic E-state index is 11.8. The van der Waals surface area contributed by atoms with Crippen LogP contribution in [0.4, 0.5) is 0 Å². The van der Waals surface area contributed by atoms with E-state index in [2.05, 4.69) is 13.8 Å². The van der Waals surface area contributed by atoms with E-state index in [9.17, 15) is 9.90 Å². The summed E-state index contributed by atoms with van der Waals surface area (Å²) in [5.41, 5.74) is 1.22. The molecule has 1 N–H and O–H groups in total. The van der Waals surface area contributed by atoms with Crippen LogP contribution in [0.2, 0.25) is 0 Å². The molecule has 0 unspecified atom stereocenters. The van der Waals surface area contributed by atoms with Crippen molar-refractivity contribution >= 4 is 5.78 Å². The highest BCUT2D eigenvalue weighted by Crippen LogP contribution is 2.66. The summed E-state index contributed by atoms with van der Waals surface area (Å²) in [6.45, 7) is 4.49. The Kier molecular flexibility index (Phi) is 3.75. The van der Waals surface area contributed by atoms with Crippen LogP contribution in [0.15, 0.2) is 11.6 Å². The van der Waals surface area contributed by atoms with Crippen molar-refractivity contribution < 1.29 is 9.90 Å². The average Bonchev–Trinajstić information content (AvgIpc) is 2.88. The number of ketones is 1. The van der Waals surface area contributed by atoms with E-state index in [0.717, 1.165) is 56.3 Å². The maximum Gasteiger partial charge on any atom is 0.155 e. The second-order valence-electron chi connectivity index (χ2n) is 8.78. The number of carbonyl (C=O) groups excluding carboxylic acids is 1. The molecule has 6 atom stereocenters. The fraction of sp³-hybridized carbons (Fsp3) is 0.857. The number of fused-ring (bicyclic) bond motifs is 5. The van der Waals surface area contributed by atoms with E-state index < -0.39 is 5.60 Å². The van der Waals surface area contributed by atoms with Gasteiger partial charge in [-0.3, -0.25) is 4.79 Å². The Balaban J connectivity index is 1.65. The molecule has 2 heteroatoms. The van der Waals surface area contributed by atoms with Crippen LogP contribution in [-0.2, 0) is 4.79 Å². The first kappa shape index (κ1) is 15.9. The van der Waals surface area contributed by atoms with Crippen molar-refractivity contribution in [3.05, 3.63) is 11.6 Å². The van der Waals surface area contributed by atoms with E-state index in [0.29, 0.717) is 11.7 Å². The largest absolute Gasteiger partial charge is 0.389 e. The SMILES string of the molecule is CC[C@]1(O)CC[C@@H]2[C@@H]3CCC4=CC(=O)CC[C@@H]4[C@@H]3CC[C@]21CC. The Morgan fingerprint density at radius 2 is 1.87 bits per heavy atom. The van der Waals surface area contributed by atoms with Crippen molar-refractivity contribution in [2.75, 3.05) is 0 Å². The highest BCUT2D eigenvalue weighted by Gasteiger charge is 2.62. The van der Waals surface area contributed by atoms with Gasteiger partial charge in [-0.25, -0.2) is 0 Å². The number of allylic oxidation sites excluding steroid dienone is 1. The van der Waals surface area contributed by atoms with E-state index >= 15 is 0 Å². The molecule has 0 saturated heterocycles. The Morgan fingerprint density at radius 1 is 1.04 bits per heavy atom. The predicted octanol–water partition coefficient (Wildman–Crippen LogP) is 4.66. The molecule has 0 amide bonds. The molecule has 0 aliphatic heterocycles. The molecular weight excluding hydrogens is 284 g/mol. The molecule has 4 rings (SSSR count). The standard InChI is InChI=1S/C21H32O2/c1-3-20-11-9-17-16-8-6-15(22)13-14(16)5-7-18(17)19(20)10-12-21(20,23)4-2/h13,16-19,23H,3-12H2,1-2H3/t16-,17-,18+,19+,20+,21-/m0/s1. The number of hydrogen-bond donors (Lipinski definition) is 1.